The standard InChI is InChI=1S/C11H12N4O5/c12-14-13-4-3-10(17)11(18)7-1-2-9(15(19)20)8(5-7)6-16/h1-2,5-6,10-11,17-18H,3-4H2. The summed E-state index contributed by atoms with van der Waals surface area (Å²) >= 11 is 0. The molecule has 106 valence electrons. The van der Waals surface area contributed by atoms with E-state index in [1.54, 1.807) is 0 Å². The van der Waals surface area contributed by atoms with Crippen molar-refractivity contribution < 1.29 is 19.9 Å². The molecule has 0 aromatic heterocycles. The molecule has 0 aliphatic carbocycles. The van der Waals surface area contributed by atoms with Crippen LogP contribution in [0.4, 0.5) is 5.69 Å². The summed E-state index contributed by atoms with van der Waals surface area (Å²) in [5.74, 6) is 0. The van der Waals surface area contributed by atoms with Crippen LogP contribution < -0.4 is 0 Å². The second-order valence-electron chi connectivity index (χ2n) is 3.95. The number of aliphatic hydroxyl groups is 2. The minimum absolute atomic E-state index is 0.00223. The molecular weight excluding hydrogens is 268 g/mol. The van der Waals surface area contributed by atoms with Gasteiger partial charge >= 0.3 is 0 Å². The highest BCUT2D eigenvalue weighted by atomic mass is 16.6. The van der Waals surface area contributed by atoms with Crippen molar-refractivity contribution in [1.82, 2.24) is 0 Å². The number of rotatable bonds is 7. The van der Waals surface area contributed by atoms with Crippen molar-refractivity contribution in [3.8, 4) is 0 Å². The lowest BCUT2D eigenvalue weighted by Gasteiger charge is -2.17. The van der Waals surface area contributed by atoms with Crippen LogP contribution in [-0.4, -0.2) is 34.1 Å². The highest BCUT2D eigenvalue weighted by Crippen LogP contribution is 2.25. The van der Waals surface area contributed by atoms with Crippen LogP contribution in [0.1, 0.15) is 28.4 Å². The number of nitro groups is 1. The molecule has 1 aromatic carbocycles. The van der Waals surface area contributed by atoms with Crippen molar-refractivity contribution in [2.45, 2.75) is 18.6 Å². The van der Waals surface area contributed by atoms with E-state index < -0.39 is 17.1 Å². The summed E-state index contributed by atoms with van der Waals surface area (Å²) in [5, 5.41) is 33.4. The van der Waals surface area contributed by atoms with Crippen LogP contribution in [0.5, 0.6) is 0 Å². The van der Waals surface area contributed by atoms with Gasteiger partial charge in [-0.25, -0.2) is 0 Å². The summed E-state index contributed by atoms with van der Waals surface area (Å²) in [6.45, 7) is 0.00223. The number of nitrogens with zero attached hydrogens (tertiary/aromatic N) is 4. The first-order valence-electron chi connectivity index (χ1n) is 5.61. The number of carbonyl (C=O) groups excluding carboxylic acids is 1. The van der Waals surface area contributed by atoms with Crippen LogP contribution in [0.25, 0.3) is 10.4 Å². The van der Waals surface area contributed by atoms with E-state index >= 15 is 0 Å². The summed E-state index contributed by atoms with van der Waals surface area (Å²) in [5.41, 5.74) is 7.71. The van der Waals surface area contributed by atoms with Crippen LogP contribution in [0.2, 0.25) is 0 Å². The zero-order valence-electron chi connectivity index (χ0n) is 10.3. The van der Waals surface area contributed by atoms with Gasteiger partial charge in [0, 0.05) is 17.5 Å². The highest BCUT2D eigenvalue weighted by Gasteiger charge is 2.21. The van der Waals surface area contributed by atoms with Crippen molar-refractivity contribution in [1.29, 1.82) is 0 Å². The van der Waals surface area contributed by atoms with Gasteiger partial charge in [-0.2, -0.15) is 0 Å². The molecule has 2 atom stereocenters. The Hall–Kier alpha value is -2.48. The molecule has 0 saturated carbocycles. The maximum Gasteiger partial charge on any atom is 0.279 e. The number of hydrogen-bond donors (Lipinski definition) is 2. The number of benzene rings is 1. The maximum atomic E-state index is 10.8. The zero-order chi connectivity index (χ0) is 15.1. The van der Waals surface area contributed by atoms with E-state index in [-0.39, 0.29) is 29.8 Å². The fourth-order valence-corrected chi connectivity index (χ4v) is 1.63. The number of hydrogen-bond acceptors (Lipinski definition) is 6. The topological polar surface area (TPSA) is 149 Å². The zero-order valence-corrected chi connectivity index (χ0v) is 10.3. The van der Waals surface area contributed by atoms with E-state index in [0.717, 1.165) is 12.1 Å². The number of carbonyl (C=O) groups is 1. The largest absolute Gasteiger partial charge is 0.390 e. The fourth-order valence-electron chi connectivity index (χ4n) is 1.63. The molecule has 0 radical (unpaired) electrons. The summed E-state index contributed by atoms with van der Waals surface area (Å²) < 4.78 is 0. The molecule has 9 nitrogen and oxygen atoms in total. The first-order valence-corrected chi connectivity index (χ1v) is 5.61. The molecule has 1 rings (SSSR count). The van der Waals surface area contributed by atoms with Gasteiger partial charge in [0.1, 0.15) is 6.10 Å². The van der Waals surface area contributed by atoms with Gasteiger partial charge in [0.05, 0.1) is 16.6 Å². The Morgan fingerprint density at radius 1 is 1.50 bits per heavy atom. The fraction of sp³-hybridized carbons (Fsp3) is 0.364. The van der Waals surface area contributed by atoms with Gasteiger partial charge in [-0.05, 0) is 29.6 Å². The van der Waals surface area contributed by atoms with Crippen LogP contribution in [0, 0.1) is 10.1 Å². The molecule has 0 saturated heterocycles. The third-order valence-electron chi connectivity index (χ3n) is 2.67. The van der Waals surface area contributed by atoms with Gasteiger partial charge in [0.15, 0.2) is 6.29 Å². The third kappa shape index (κ3) is 3.75. The van der Waals surface area contributed by atoms with E-state index in [1.807, 2.05) is 0 Å². The van der Waals surface area contributed by atoms with Gasteiger partial charge in [-0.1, -0.05) is 5.11 Å². The van der Waals surface area contributed by atoms with Crippen molar-refractivity contribution in [2.75, 3.05) is 6.54 Å². The van der Waals surface area contributed by atoms with E-state index in [9.17, 15) is 25.1 Å². The molecule has 0 aliphatic heterocycles. The number of aliphatic hydroxyl groups excluding tert-OH is 2. The highest BCUT2D eigenvalue weighted by molar-refractivity contribution is 5.81. The van der Waals surface area contributed by atoms with E-state index in [4.69, 9.17) is 5.53 Å². The molecule has 2 N–H and O–H groups in total. The Morgan fingerprint density at radius 2 is 2.20 bits per heavy atom. The molecule has 1 aromatic rings. The number of azide groups is 1. The van der Waals surface area contributed by atoms with Crippen LogP contribution in [0.15, 0.2) is 23.3 Å². The van der Waals surface area contributed by atoms with E-state index in [1.165, 1.54) is 6.07 Å². The molecule has 0 aliphatic rings. The summed E-state index contributed by atoms with van der Waals surface area (Å²) in [4.78, 5) is 23.2. The monoisotopic (exact) mass is 280 g/mol. The molecule has 0 amide bonds. The second kappa shape index (κ2) is 7.19. The SMILES string of the molecule is [N-]=[N+]=NCCC(O)C(O)c1ccc([N+](=O)[O-])c(C=O)c1. The molecule has 0 heterocycles. The Balaban J connectivity index is 2.93. The van der Waals surface area contributed by atoms with Crippen molar-refractivity contribution in [2.24, 2.45) is 5.11 Å². The van der Waals surface area contributed by atoms with Crippen molar-refractivity contribution >= 4 is 12.0 Å². The molecule has 20 heavy (non-hydrogen) atoms. The Morgan fingerprint density at radius 3 is 2.75 bits per heavy atom. The van der Waals surface area contributed by atoms with Gasteiger partial charge < -0.3 is 10.2 Å². The molecule has 0 fully saturated rings. The predicted molar refractivity (Wildman–Crippen MR) is 68.1 cm³/mol. The van der Waals surface area contributed by atoms with Gasteiger partial charge in [-0.15, -0.1) is 0 Å². The number of nitro benzene ring substituents is 1. The lowest BCUT2D eigenvalue weighted by molar-refractivity contribution is -0.385. The van der Waals surface area contributed by atoms with E-state index in [2.05, 4.69) is 10.0 Å². The molecule has 0 bridgehead atoms. The van der Waals surface area contributed by atoms with Gasteiger partial charge in [0.25, 0.3) is 5.69 Å². The van der Waals surface area contributed by atoms with Crippen LogP contribution in [0.3, 0.4) is 0 Å². The molecule has 9 heteroatoms. The lowest BCUT2D eigenvalue weighted by Crippen LogP contribution is -2.19. The summed E-state index contributed by atoms with van der Waals surface area (Å²) in [7, 11) is 0. The van der Waals surface area contributed by atoms with Gasteiger partial charge in [-0.3, -0.25) is 14.9 Å². The normalized spacial score (nSPS) is 13.1. The molecule has 0 spiro atoms. The summed E-state index contributed by atoms with van der Waals surface area (Å²) in [6.07, 6.45) is -2.20. The predicted octanol–water partition coefficient (Wildman–Crippen LogP) is 1.50. The number of aldehydes is 1. The summed E-state index contributed by atoms with van der Waals surface area (Å²) in [6, 6.07) is 3.49. The average Bonchev–Trinajstić information content (AvgIpc) is 2.45. The minimum Gasteiger partial charge on any atom is -0.390 e. The Labute approximate surface area is 113 Å². The second-order valence-corrected chi connectivity index (χ2v) is 3.95. The van der Waals surface area contributed by atoms with Crippen molar-refractivity contribution in [3.63, 3.8) is 0 Å². The minimum atomic E-state index is -1.33. The first kappa shape index (κ1) is 15.6. The average molecular weight is 280 g/mol. The lowest BCUT2D eigenvalue weighted by atomic mass is 9.99. The maximum absolute atomic E-state index is 10.8. The Kier molecular flexibility index (Phi) is 5.60. The molecule has 2 unspecified atom stereocenters. The molecular formula is C11H12N4O5. The smallest absolute Gasteiger partial charge is 0.279 e. The third-order valence-corrected chi connectivity index (χ3v) is 2.67. The quantitative estimate of drug-likeness (QED) is 0.194. The van der Waals surface area contributed by atoms with Gasteiger partial charge in [0.2, 0.25) is 0 Å². The Bertz CT molecular complexity index is 556. The van der Waals surface area contributed by atoms with Crippen molar-refractivity contribution in [3.05, 3.63) is 49.9 Å². The van der Waals surface area contributed by atoms with Crippen LogP contribution in [-0.2, 0) is 0 Å². The van der Waals surface area contributed by atoms with Crippen LogP contribution >= 0.6 is 0 Å². The first-order chi connectivity index (χ1) is 9.51. The van der Waals surface area contributed by atoms with E-state index in [0.29, 0.717) is 6.29 Å².